The molecule has 0 amide bonds. The standard InChI is InChI=1S/C14H12BrNO3/c1-8-2-3-9(15)6-12(8)19-13-7-10(16)4-5-11(13)14(17)18/h2-7H,16H2,1H3,(H,17,18). The molecule has 0 saturated carbocycles. The number of carbonyl (C=O) groups is 1. The summed E-state index contributed by atoms with van der Waals surface area (Å²) in [4.78, 5) is 11.1. The Hall–Kier alpha value is -2.01. The summed E-state index contributed by atoms with van der Waals surface area (Å²) in [6.07, 6.45) is 0. The van der Waals surface area contributed by atoms with Gasteiger partial charge in [-0.15, -0.1) is 0 Å². The van der Waals surface area contributed by atoms with Crippen molar-refractivity contribution in [1.82, 2.24) is 0 Å². The van der Waals surface area contributed by atoms with E-state index in [-0.39, 0.29) is 11.3 Å². The maximum atomic E-state index is 11.1. The molecule has 0 radical (unpaired) electrons. The maximum Gasteiger partial charge on any atom is 0.339 e. The number of hydrogen-bond acceptors (Lipinski definition) is 3. The maximum absolute atomic E-state index is 11.1. The molecule has 0 aliphatic rings. The zero-order chi connectivity index (χ0) is 14.0. The Bertz CT molecular complexity index is 641. The van der Waals surface area contributed by atoms with Crippen molar-refractivity contribution < 1.29 is 14.6 Å². The highest BCUT2D eigenvalue weighted by atomic mass is 79.9. The van der Waals surface area contributed by atoms with Gasteiger partial charge < -0.3 is 15.6 Å². The van der Waals surface area contributed by atoms with E-state index in [0.717, 1.165) is 10.0 Å². The van der Waals surface area contributed by atoms with Crippen LogP contribution in [0.2, 0.25) is 0 Å². The van der Waals surface area contributed by atoms with Crippen LogP contribution in [0.5, 0.6) is 11.5 Å². The van der Waals surface area contributed by atoms with Crippen LogP contribution in [-0.4, -0.2) is 11.1 Å². The average Bonchev–Trinajstić information content (AvgIpc) is 2.33. The topological polar surface area (TPSA) is 72.5 Å². The highest BCUT2D eigenvalue weighted by molar-refractivity contribution is 9.10. The van der Waals surface area contributed by atoms with Crippen LogP contribution in [-0.2, 0) is 0 Å². The van der Waals surface area contributed by atoms with Crippen molar-refractivity contribution in [2.45, 2.75) is 6.92 Å². The number of halogens is 1. The summed E-state index contributed by atoms with van der Waals surface area (Å²) < 4.78 is 6.53. The first-order valence-corrected chi connectivity index (χ1v) is 6.33. The molecule has 4 nitrogen and oxygen atoms in total. The lowest BCUT2D eigenvalue weighted by atomic mass is 10.1. The van der Waals surface area contributed by atoms with E-state index in [4.69, 9.17) is 15.6 Å². The van der Waals surface area contributed by atoms with Crippen molar-refractivity contribution in [1.29, 1.82) is 0 Å². The van der Waals surface area contributed by atoms with Crippen LogP contribution < -0.4 is 10.5 Å². The minimum atomic E-state index is -1.05. The largest absolute Gasteiger partial charge is 0.478 e. The molecule has 0 atom stereocenters. The summed E-state index contributed by atoms with van der Waals surface area (Å²) in [7, 11) is 0. The predicted molar refractivity (Wildman–Crippen MR) is 76.8 cm³/mol. The van der Waals surface area contributed by atoms with Crippen molar-refractivity contribution in [2.24, 2.45) is 0 Å². The van der Waals surface area contributed by atoms with Crippen molar-refractivity contribution >= 4 is 27.6 Å². The van der Waals surface area contributed by atoms with E-state index < -0.39 is 5.97 Å². The van der Waals surface area contributed by atoms with Gasteiger partial charge in [-0.3, -0.25) is 0 Å². The number of nitrogens with two attached hydrogens (primary N) is 1. The molecule has 3 N–H and O–H groups in total. The molecule has 0 aliphatic carbocycles. The van der Waals surface area contributed by atoms with Crippen molar-refractivity contribution in [3.8, 4) is 11.5 Å². The van der Waals surface area contributed by atoms with Crippen LogP contribution in [0.1, 0.15) is 15.9 Å². The van der Waals surface area contributed by atoms with Gasteiger partial charge in [-0.1, -0.05) is 22.0 Å². The van der Waals surface area contributed by atoms with Gasteiger partial charge in [0.25, 0.3) is 0 Å². The average molecular weight is 322 g/mol. The molecule has 0 aromatic heterocycles. The third kappa shape index (κ3) is 3.06. The fraction of sp³-hybridized carbons (Fsp3) is 0.0714. The van der Waals surface area contributed by atoms with Crippen LogP contribution in [0.25, 0.3) is 0 Å². The molecular weight excluding hydrogens is 310 g/mol. The van der Waals surface area contributed by atoms with E-state index in [2.05, 4.69) is 15.9 Å². The van der Waals surface area contributed by atoms with E-state index in [0.29, 0.717) is 11.4 Å². The predicted octanol–water partition coefficient (Wildman–Crippen LogP) is 3.83. The van der Waals surface area contributed by atoms with Gasteiger partial charge in [0.2, 0.25) is 0 Å². The second kappa shape index (κ2) is 5.32. The first kappa shape index (κ1) is 13.4. The lowest BCUT2D eigenvalue weighted by molar-refractivity contribution is 0.0694. The monoisotopic (exact) mass is 321 g/mol. The number of nitrogen functional groups attached to an aromatic ring is 1. The number of anilines is 1. The summed E-state index contributed by atoms with van der Waals surface area (Å²) in [5.41, 5.74) is 7.10. The molecule has 0 unspecified atom stereocenters. The van der Waals surface area contributed by atoms with Crippen LogP contribution in [0.15, 0.2) is 40.9 Å². The first-order valence-electron chi connectivity index (χ1n) is 5.54. The molecule has 0 heterocycles. The summed E-state index contributed by atoms with van der Waals surface area (Å²) in [6.45, 7) is 1.88. The quantitative estimate of drug-likeness (QED) is 0.843. The first-order chi connectivity index (χ1) is 8.97. The Labute approximate surface area is 118 Å². The number of ether oxygens (including phenoxy) is 1. The molecule has 0 spiro atoms. The summed E-state index contributed by atoms with van der Waals surface area (Å²) in [5, 5.41) is 9.13. The van der Waals surface area contributed by atoms with E-state index in [1.54, 1.807) is 6.07 Å². The molecule has 0 fully saturated rings. The Kier molecular flexibility index (Phi) is 3.76. The molecule has 5 heteroatoms. The summed E-state index contributed by atoms with van der Waals surface area (Å²) >= 11 is 3.35. The Balaban J connectivity index is 2.45. The minimum absolute atomic E-state index is 0.0774. The Morgan fingerprint density at radius 2 is 1.95 bits per heavy atom. The van der Waals surface area contributed by atoms with Gasteiger partial charge in [0.1, 0.15) is 17.1 Å². The number of aryl methyl sites for hydroxylation is 1. The van der Waals surface area contributed by atoms with Crippen LogP contribution in [0.3, 0.4) is 0 Å². The molecule has 98 valence electrons. The lowest BCUT2D eigenvalue weighted by Crippen LogP contribution is -2.01. The molecule has 0 saturated heterocycles. The van der Waals surface area contributed by atoms with E-state index in [1.807, 2.05) is 19.1 Å². The van der Waals surface area contributed by atoms with Crippen molar-refractivity contribution in [3.63, 3.8) is 0 Å². The lowest BCUT2D eigenvalue weighted by Gasteiger charge is -2.12. The van der Waals surface area contributed by atoms with Crippen LogP contribution in [0, 0.1) is 6.92 Å². The molecule has 2 rings (SSSR count). The molecule has 0 aliphatic heterocycles. The van der Waals surface area contributed by atoms with Gasteiger partial charge in [0, 0.05) is 16.2 Å². The number of hydrogen-bond donors (Lipinski definition) is 2. The molecule has 19 heavy (non-hydrogen) atoms. The minimum Gasteiger partial charge on any atom is -0.478 e. The Morgan fingerprint density at radius 1 is 1.21 bits per heavy atom. The second-order valence-electron chi connectivity index (χ2n) is 4.07. The summed E-state index contributed by atoms with van der Waals surface area (Å²) in [5.74, 6) is -0.237. The number of carboxylic acid groups (broad SMARTS) is 1. The number of aromatic carboxylic acids is 1. The molecule has 0 bridgehead atoms. The van der Waals surface area contributed by atoms with Gasteiger partial charge in [-0.25, -0.2) is 4.79 Å². The Morgan fingerprint density at radius 3 is 2.63 bits per heavy atom. The molecular formula is C14H12BrNO3. The van der Waals surface area contributed by atoms with Gasteiger partial charge in [-0.05, 0) is 36.8 Å². The zero-order valence-electron chi connectivity index (χ0n) is 10.2. The smallest absolute Gasteiger partial charge is 0.339 e. The van der Waals surface area contributed by atoms with Gasteiger partial charge in [0.05, 0.1) is 0 Å². The molecule has 2 aromatic carbocycles. The summed E-state index contributed by atoms with van der Waals surface area (Å²) in [6, 6.07) is 10.0. The SMILES string of the molecule is Cc1ccc(Br)cc1Oc1cc(N)ccc1C(=O)O. The highest BCUT2D eigenvalue weighted by Crippen LogP contribution is 2.31. The number of benzene rings is 2. The number of rotatable bonds is 3. The normalized spacial score (nSPS) is 10.2. The van der Waals surface area contributed by atoms with Crippen molar-refractivity contribution in [3.05, 3.63) is 52.0 Å². The number of carboxylic acids is 1. The van der Waals surface area contributed by atoms with E-state index in [9.17, 15) is 4.79 Å². The van der Waals surface area contributed by atoms with Gasteiger partial charge in [0.15, 0.2) is 0 Å². The highest BCUT2D eigenvalue weighted by Gasteiger charge is 2.13. The zero-order valence-corrected chi connectivity index (χ0v) is 11.8. The van der Waals surface area contributed by atoms with Crippen LogP contribution in [0.4, 0.5) is 5.69 Å². The second-order valence-corrected chi connectivity index (χ2v) is 4.99. The van der Waals surface area contributed by atoms with Crippen molar-refractivity contribution in [2.75, 3.05) is 5.73 Å². The third-order valence-corrected chi connectivity index (χ3v) is 3.10. The van der Waals surface area contributed by atoms with Gasteiger partial charge >= 0.3 is 5.97 Å². The fourth-order valence-corrected chi connectivity index (χ4v) is 1.94. The fourth-order valence-electron chi connectivity index (χ4n) is 1.60. The van der Waals surface area contributed by atoms with Crippen LogP contribution >= 0.6 is 15.9 Å². The molecule has 2 aromatic rings. The van der Waals surface area contributed by atoms with E-state index >= 15 is 0 Å². The third-order valence-electron chi connectivity index (χ3n) is 2.61. The van der Waals surface area contributed by atoms with E-state index in [1.165, 1.54) is 18.2 Å². The van der Waals surface area contributed by atoms with Gasteiger partial charge in [-0.2, -0.15) is 0 Å².